The predicted octanol–water partition coefficient (Wildman–Crippen LogP) is 4.14. The number of pyridine rings is 1. The van der Waals surface area contributed by atoms with Crippen molar-refractivity contribution in [1.29, 1.82) is 0 Å². The first-order valence-electron chi connectivity index (χ1n) is 12.0. The van der Waals surface area contributed by atoms with Crippen molar-refractivity contribution in [3.05, 3.63) is 82.4 Å². The molecule has 0 bridgehead atoms. The van der Waals surface area contributed by atoms with Crippen molar-refractivity contribution in [3.63, 3.8) is 0 Å². The summed E-state index contributed by atoms with van der Waals surface area (Å²) in [6.07, 6.45) is 10.00. The van der Waals surface area contributed by atoms with E-state index in [-0.39, 0.29) is 11.4 Å². The molecule has 1 aromatic carbocycles. The molecule has 3 aromatic rings. The van der Waals surface area contributed by atoms with Gasteiger partial charge in [-0.05, 0) is 92.8 Å². The van der Waals surface area contributed by atoms with E-state index in [0.29, 0.717) is 37.3 Å². The lowest BCUT2D eigenvalue weighted by molar-refractivity contribution is -0.0662. The average Bonchev–Trinajstić information content (AvgIpc) is 3.56. The normalized spacial score (nSPS) is 25.2. The number of primary amides is 1. The minimum Gasteiger partial charge on any atom is -0.389 e. The predicted molar refractivity (Wildman–Crippen MR) is 126 cm³/mol. The lowest BCUT2D eigenvalue weighted by Crippen LogP contribution is -2.49. The zero-order chi connectivity index (χ0) is 24.4. The molecule has 2 heterocycles. The number of nitrogens with two attached hydrogens (primary N) is 1. The molecule has 35 heavy (non-hydrogen) atoms. The highest BCUT2D eigenvalue weighted by Gasteiger charge is 2.63. The molecule has 180 valence electrons. The Balaban J connectivity index is 1.35. The van der Waals surface area contributed by atoms with Gasteiger partial charge in [0.15, 0.2) is 0 Å². The Bertz CT molecular complexity index is 1360. The molecular weight excluding hydrogens is 450 g/mol. The van der Waals surface area contributed by atoms with Crippen molar-refractivity contribution in [3.8, 4) is 5.69 Å². The summed E-state index contributed by atoms with van der Waals surface area (Å²) in [6, 6.07) is 7.38. The van der Waals surface area contributed by atoms with E-state index in [0.717, 1.165) is 48.5 Å². The summed E-state index contributed by atoms with van der Waals surface area (Å²) in [5, 5.41) is 16.7. The van der Waals surface area contributed by atoms with Gasteiger partial charge in [-0.2, -0.15) is 5.10 Å². The molecule has 8 heteroatoms. The summed E-state index contributed by atoms with van der Waals surface area (Å²) in [5.41, 5.74) is 8.59. The maximum atomic E-state index is 13.7. The molecular formula is C27H26F2N4O2. The largest absolute Gasteiger partial charge is 0.389 e. The lowest BCUT2D eigenvalue weighted by Gasteiger charge is -2.46. The van der Waals surface area contributed by atoms with E-state index in [4.69, 9.17) is 5.73 Å². The molecule has 6 rings (SSSR count). The molecule has 0 aliphatic heterocycles. The van der Waals surface area contributed by atoms with Crippen molar-refractivity contribution in [2.24, 2.45) is 17.1 Å². The first kappa shape index (κ1) is 22.1. The molecule has 0 saturated heterocycles. The smallest absolute Gasteiger partial charge is 0.250 e. The summed E-state index contributed by atoms with van der Waals surface area (Å²) in [5.74, 6) is -1.25. The first-order valence-corrected chi connectivity index (χ1v) is 12.0. The number of hydrogen-bond acceptors (Lipinski definition) is 4. The van der Waals surface area contributed by atoms with Crippen LogP contribution in [0.15, 0.2) is 48.3 Å². The van der Waals surface area contributed by atoms with Crippen LogP contribution in [0.3, 0.4) is 0 Å². The van der Waals surface area contributed by atoms with Gasteiger partial charge in [-0.15, -0.1) is 0 Å². The van der Waals surface area contributed by atoms with Gasteiger partial charge in [-0.3, -0.25) is 9.78 Å². The van der Waals surface area contributed by atoms with Crippen LogP contribution in [0, 0.1) is 23.0 Å². The third kappa shape index (κ3) is 3.42. The Morgan fingerprint density at radius 3 is 2.66 bits per heavy atom. The van der Waals surface area contributed by atoms with Gasteiger partial charge in [0.25, 0.3) is 5.91 Å². The molecule has 0 unspecified atom stereocenters. The van der Waals surface area contributed by atoms with E-state index in [2.05, 4.69) is 16.2 Å². The number of fused-ring (bicyclic) bond motifs is 2. The molecule has 2 fully saturated rings. The highest BCUT2D eigenvalue weighted by Crippen LogP contribution is 2.66. The van der Waals surface area contributed by atoms with Crippen LogP contribution in [0.5, 0.6) is 0 Å². The minimum absolute atomic E-state index is 0.0642. The van der Waals surface area contributed by atoms with Crippen LogP contribution in [-0.2, 0) is 12.8 Å². The number of hydrogen-bond donors (Lipinski definition) is 2. The molecule has 0 radical (unpaired) electrons. The maximum Gasteiger partial charge on any atom is 0.250 e. The molecule has 1 amide bonds. The second-order valence-corrected chi connectivity index (χ2v) is 10.1. The van der Waals surface area contributed by atoms with Gasteiger partial charge in [0.1, 0.15) is 11.6 Å². The number of halogens is 2. The summed E-state index contributed by atoms with van der Waals surface area (Å²) in [7, 11) is 0. The van der Waals surface area contributed by atoms with Crippen LogP contribution in [0.4, 0.5) is 8.78 Å². The fourth-order valence-corrected chi connectivity index (χ4v) is 6.42. The Labute approximate surface area is 201 Å². The monoisotopic (exact) mass is 476 g/mol. The van der Waals surface area contributed by atoms with Crippen molar-refractivity contribution in [2.75, 3.05) is 0 Å². The lowest BCUT2D eigenvalue weighted by atomic mass is 9.61. The number of carbonyl (C=O) groups excluding carboxylic acids is 1. The fourth-order valence-electron chi connectivity index (χ4n) is 6.42. The van der Waals surface area contributed by atoms with Crippen LogP contribution < -0.4 is 5.73 Å². The number of aromatic nitrogens is 3. The average molecular weight is 477 g/mol. The third-order valence-corrected chi connectivity index (χ3v) is 8.20. The summed E-state index contributed by atoms with van der Waals surface area (Å²) in [4.78, 5) is 16.0. The number of benzene rings is 1. The van der Waals surface area contributed by atoms with Crippen LogP contribution in [0.2, 0.25) is 0 Å². The van der Waals surface area contributed by atoms with Gasteiger partial charge in [0.05, 0.1) is 40.6 Å². The number of nitrogens with zero attached hydrogens (tertiary/aromatic N) is 3. The van der Waals surface area contributed by atoms with Crippen molar-refractivity contribution in [1.82, 2.24) is 14.8 Å². The topological polar surface area (TPSA) is 94.0 Å². The van der Waals surface area contributed by atoms with Gasteiger partial charge < -0.3 is 10.8 Å². The number of aryl methyl sites for hydroxylation is 1. The number of amides is 1. The number of carbonyl (C=O) groups is 1. The Morgan fingerprint density at radius 1 is 1.17 bits per heavy atom. The van der Waals surface area contributed by atoms with Crippen molar-refractivity contribution >= 4 is 12.0 Å². The Hall–Kier alpha value is -3.39. The molecule has 0 spiro atoms. The molecule has 3 aliphatic carbocycles. The Morgan fingerprint density at radius 2 is 1.94 bits per heavy atom. The minimum atomic E-state index is -0.985. The Kier molecular flexibility index (Phi) is 4.93. The van der Waals surface area contributed by atoms with Gasteiger partial charge in [0, 0.05) is 5.41 Å². The molecule has 3 N–H and O–H groups in total. The molecule has 2 atom stereocenters. The van der Waals surface area contributed by atoms with Crippen molar-refractivity contribution in [2.45, 2.75) is 50.5 Å². The summed E-state index contributed by atoms with van der Waals surface area (Å²) < 4.78 is 28.9. The number of rotatable bonds is 6. The molecule has 6 nitrogen and oxygen atoms in total. The summed E-state index contributed by atoms with van der Waals surface area (Å²) in [6.45, 7) is 0. The van der Waals surface area contributed by atoms with Crippen LogP contribution in [0.1, 0.15) is 59.4 Å². The van der Waals surface area contributed by atoms with E-state index >= 15 is 0 Å². The summed E-state index contributed by atoms with van der Waals surface area (Å²) >= 11 is 0. The first-order chi connectivity index (χ1) is 16.8. The van der Waals surface area contributed by atoms with Gasteiger partial charge in [-0.1, -0.05) is 5.57 Å². The highest BCUT2D eigenvalue weighted by atomic mass is 19.1. The van der Waals surface area contributed by atoms with Crippen molar-refractivity contribution < 1.29 is 18.7 Å². The zero-order valence-electron chi connectivity index (χ0n) is 19.2. The van der Waals surface area contributed by atoms with E-state index < -0.39 is 22.7 Å². The molecule has 2 saturated carbocycles. The van der Waals surface area contributed by atoms with E-state index in [1.165, 1.54) is 17.7 Å². The fraction of sp³-hybridized carbons (Fsp3) is 0.370. The highest BCUT2D eigenvalue weighted by molar-refractivity contribution is 5.93. The third-order valence-electron chi connectivity index (χ3n) is 8.20. The van der Waals surface area contributed by atoms with Gasteiger partial charge >= 0.3 is 0 Å². The quantitative estimate of drug-likeness (QED) is 0.559. The molecule has 3 aliphatic rings. The van der Waals surface area contributed by atoms with Gasteiger partial charge in [0.2, 0.25) is 0 Å². The van der Waals surface area contributed by atoms with E-state index in [9.17, 15) is 18.7 Å². The van der Waals surface area contributed by atoms with Gasteiger partial charge in [-0.25, -0.2) is 13.5 Å². The molecule has 2 aromatic heterocycles. The standard InChI is InChI=1S/C27H26F2N4O2/c28-19-3-5-21(6-4-19)33-24-11-18-7-9-26(35,27(18,17-1-2-17)13-16(24)14-32-33)10-8-23-22(25(30)34)12-20(29)15-31-23/h3-6,11-12,14-15,17,35H,1-2,7-10,13H2,(H2,30,34)/t26-,27-/m1/s1. The van der Waals surface area contributed by atoms with Crippen LogP contribution >= 0.6 is 0 Å². The second-order valence-electron chi connectivity index (χ2n) is 10.1. The zero-order valence-corrected chi connectivity index (χ0v) is 19.2. The SMILES string of the molecule is NC(=O)c1cc(F)cnc1CC[C@]1(O)CCC2=Cc3c(cnn3-c3ccc(F)cc3)C[C@@]21C1CC1. The number of aliphatic hydroxyl groups is 1. The van der Waals surface area contributed by atoms with E-state index in [1.54, 1.807) is 12.1 Å². The second kappa shape index (κ2) is 7.81. The van der Waals surface area contributed by atoms with Crippen LogP contribution in [-0.4, -0.2) is 31.4 Å². The van der Waals surface area contributed by atoms with Crippen LogP contribution in [0.25, 0.3) is 11.8 Å². The maximum absolute atomic E-state index is 13.7. The van der Waals surface area contributed by atoms with E-state index in [1.807, 2.05) is 10.9 Å².